The minimum atomic E-state index is 0.600. The third-order valence-electron chi connectivity index (χ3n) is 3.68. The normalized spacial score (nSPS) is 24.3. The second kappa shape index (κ2) is 5.41. The summed E-state index contributed by atoms with van der Waals surface area (Å²) < 4.78 is 0. The first-order valence-electron chi connectivity index (χ1n) is 6.77. The van der Waals surface area contributed by atoms with Gasteiger partial charge in [-0.15, -0.1) is 0 Å². The minimum Gasteiger partial charge on any atom is -0.341 e. The predicted molar refractivity (Wildman–Crippen MR) is 73.0 cm³/mol. The van der Waals surface area contributed by atoms with Gasteiger partial charge in [0.2, 0.25) is 5.95 Å². The number of hydrogen-bond acceptors (Lipinski definition) is 4. The summed E-state index contributed by atoms with van der Waals surface area (Å²) in [5, 5.41) is 4.22. The molecule has 0 bridgehead atoms. The summed E-state index contributed by atoms with van der Waals surface area (Å²) in [5.74, 6) is 1.54. The highest BCUT2D eigenvalue weighted by Crippen LogP contribution is 2.23. The fraction of sp³-hybridized carbons (Fsp3) is 0.692. The maximum Gasteiger partial charge on any atom is 0.225 e. The molecule has 0 spiro atoms. The van der Waals surface area contributed by atoms with Crippen molar-refractivity contribution in [3.05, 3.63) is 17.4 Å². The maximum absolute atomic E-state index is 5.82. The number of aromatic nitrogens is 2. The first-order valence-corrected chi connectivity index (χ1v) is 7.15. The molecule has 2 fully saturated rings. The van der Waals surface area contributed by atoms with Crippen LogP contribution in [-0.4, -0.2) is 35.6 Å². The van der Waals surface area contributed by atoms with Gasteiger partial charge in [0.05, 0.1) is 17.4 Å². The van der Waals surface area contributed by atoms with E-state index in [1.165, 1.54) is 25.7 Å². The Morgan fingerprint density at radius 2 is 2.06 bits per heavy atom. The Kier molecular flexibility index (Phi) is 3.66. The van der Waals surface area contributed by atoms with Crippen molar-refractivity contribution in [2.24, 2.45) is 5.92 Å². The number of anilines is 1. The Morgan fingerprint density at radius 1 is 1.28 bits per heavy atom. The van der Waals surface area contributed by atoms with Crippen molar-refractivity contribution >= 4 is 17.5 Å². The zero-order valence-electron chi connectivity index (χ0n) is 10.5. The molecule has 1 atom stereocenters. The Labute approximate surface area is 113 Å². The molecule has 1 aromatic heterocycles. The van der Waals surface area contributed by atoms with Crippen LogP contribution in [0.25, 0.3) is 0 Å². The zero-order valence-corrected chi connectivity index (χ0v) is 11.2. The fourth-order valence-electron chi connectivity index (χ4n) is 2.50. The van der Waals surface area contributed by atoms with E-state index in [2.05, 4.69) is 20.2 Å². The lowest BCUT2D eigenvalue weighted by Crippen LogP contribution is -2.40. The van der Waals surface area contributed by atoms with E-state index in [9.17, 15) is 0 Å². The number of halogens is 1. The van der Waals surface area contributed by atoms with Crippen LogP contribution in [0.4, 0.5) is 5.95 Å². The highest BCUT2D eigenvalue weighted by molar-refractivity contribution is 6.30. The van der Waals surface area contributed by atoms with Gasteiger partial charge in [-0.3, -0.25) is 0 Å². The van der Waals surface area contributed by atoms with Crippen LogP contribution in [0.3, 0.4) is 0 Å². The van der Waals surface area contributed by atoms with Crippen molar-refractivity contribution in [1.29, 1.82) is 0 Å². The van der Waals surface area contributed by atoms with E-state index in [0.29, 0.717) is 5.02 Å². The van der Waals surface area contributed by atoms with Gasteiger partial charge in [0.1, 0.15) is 0 Å². The molecule has 1 unspecified atom stereocenters. The summed E-state index contributed by atoms with van der Waals surface area (Å²) in [6, 6.07) is 0.798. The van der Waals surface area contributed by atoms with Crippen molar-refractivity contribution in [2.75, 3.05) is 24.5 Å². The lowest BCUT2D eigenvalue weighted by molar-refractivity contribution is 0.388. The summed E-state index contributed by atoms with van der Waals surface area (Å²) in [6.45, 7) is 3.25. The number of nitrogens with one attached hydrogen (secondary N) is 1. The van der Waals surface area contributed by atoms with Crippen LogP contribution >= 0.6 is 11.6 Å². The molecule has 2 aliphatic rings. The summed E-state index contributed by atoms with van der Waals surface area (Å²) in [6.07, 6.45) is 8.60. The van der Waals surface area contributed by atoms with Crippen molar-refractivity contribution in [1.82, 2.24) is 15.3 Å². The van der Waals surface area contributed by atoms with Crippen LogP contribution < -0.4 is 10.2 Å². The van der Waals surface area contributed by atoms with Gasteiger partial charge in [-0.25, -0.2) is 9.97 Å². The highest BCUT2D eigenvalue weighted by Gasteiger charge is 2.25. The number of rotatable bonds is 4. The molecule has 1 aliphatic heterocycles. The van der Waals surface area contributed by atoms with E-state index in [4.69, 9.17) is 11.6 Å². The van der Waals surface area contributed by atoms with Gasteiger partial charge in [0.25, 0.3) is 0 Å². The van der Waals surface area contributed by atoms with Gasteiger partial charge in [0.15, 0.2) is 0 Å². The number of piperidine rings is 1. The lowest BCUT2D eigenvalue weighted by Gasteiger charge is -2.32. The monoisotopic (exact) mass is 266 g/mol. The summed E-state index contributed by atoms with van der Waals surface area (Å²) in [5.41, 5.74) is 0. The van der Waals surface area contributed by atoms with Gasteiger partial charge in [-0.05, 0) is 38.1 Å². The second-order valence-electron chi connectivity index (χ2n) is 5.34. The lowest BCUT2D eigenvalue weighted by atomic mass is 9.98. The molecule has 1 N–H and O–H groups in total. The number of hydrogen-bond donors (Lipinski definition) is 1. The van der Waals surface area contributed by atoms with Crippen LogP contribution in [0.2, 0.25) is 5.02 Å². The van der Waals surface area contributed by atoms with E-state index in [-0.39, 0.29) is 0 Å². The molecule has 2 heterocycles. The molecule has 1 saturated carbocycles. The Hall–Kier alpha value is -0.870. The smallest absolute Gasteiger partial charge is 0.225 e. The average molecular weight is 267 g/mol. The first-order chi connectivity index (χ1) is 8.81. The first kappa shape index (κ1) is 12.2. The zero-order chi connectivity index (χ0) is 12.4. The van der Waals surface area contributed by atoms with E-state index in [1.807, 2.05) is 0 Å². The maximum atomic E-state index is 5.82. The Bertz CT molecular complexity index is 390. The van der Waals surface area contributed by atoms with Crippen LogP contribution in [0.1, 0.15) is 25.7 Å². The molecule has 1 aliphatic carbocycles. The van der Waals surface area contributed by atoms with Gasteiger partial charge < -0.3 is 10.2 Å². The molecule has 0 amide bonds. The second-order valence-corrected chi connectivity index (χ2v) is 5.77. The molecule has 4 nitrogen and oxygen atoms in total. The van der Waals surface area contributed by atoms with Crippen LogP contribution in [0.5, 0.6) is 0 Å². The minimum absolute atomic E-state index is 0.600. The SMILES string of the molecule is Clc1cnc(N2CCCC(CNC3CC3)C2)nc1. The highest BCUT2D eigenvalue weighted by atomic mass is 35.5. The molecular formula is C13H19ClN4. The van der Waals surface area contributed by atoms with Crippen LogP contribution in [-0.2, 0) is 0 Å². The third-order valence-corrected chi connectivity index (χ3v) is 3.88. The van der Waals surface area contributed by atoms with E-state index < -0.39 is 0 Å². The molecule has 3 rings (SSSR count). The molecule has 18 heavy (non-hydrogen) atoms. The summed E-state index contributed by atoms with van der Waals surface area (Å²) in [4.78, 5) is 10.9. The van der Waals surface area contributed by atoms with Gasteiger partial charge in [-0.1, -0.05) is 11.6 Å². The topological polar surface area (TPSA) is 41.1 Å². The van der Waals surface area contributed by atoms with Crippen LogP contribution in [0, 0.1) is 5.92 Å². The molecule has 1 aromatic rings. The van der Waals surface area contributed by atoms with Gasteiger partial charge in [-0.2, -0.15) is 0 Å². The third kappa shape index (κ3) is 3.12. The van der Waals surface area contributed by atoms with Gasteiger partial charge >= 0.3 is 0 Å². The van der Waals surface area contributed by atoms with Crippen molar-refractivity contribution < 1.29 is 0 Å². The molecule has 0 radical (unpaired) electrons. The van der Waals surface area contributed by atoms with Crippen molar-refractivity contribution in [3.63, 3.8) is 0 Å². The van der Waals surface area contributed by atoms with E-state index >= 15 is 0 Å². The Balaban J connectivity index is 1.56. The average Bonchev–Trinajstić information content (AvgIpc) is 3.22. The summed E-state index contributed by atoms with van der Waals surface area (Å²) >= 11 is 5.82. The largest absolute Gasteiger partial charge is 0.341 e. The standard InChI is InChI=1S/C13H19ClN4/c14-11-7-16-13(17-8-11)18-5-1-2-10(9-18)6-15-12-3-4-12/h7-8,10,12,15H,1-6,9H2. The number of nitrogens with zero attached hydrogens (tertiary/aromatic N) is 3. The van der Waals surface area contributed by atoms with Crippen molar-refractivity contribution in [3.8, 4) is 0 Å². The van der Waals surface area contributed by atoms with E-state index in [0.717, 1.165) is 37.5 Å². The fourth-order valence-corrected chi connectivity index (χ4v) is 2.60. The van der Waals surface area contributed by atoms with Crippen LogP contribution in [0.15, 0.2) is 12.4 Å². The molecule has 98 valence electrons. The Morgan fingerprint density at radius 3 is 2.78 bits per heavy atom. The summed E-state index contributed by atoms with van der Waals surface area (Å²) in [7, 11) is 0. The molecular weight excluding hydrogens is 248 g/mol. The molecule has 5 heteroatoms. The molecule has 1 saturated heterocycles. The predicted octanol–water partition coefficient (Wildman–Crippen LogP) is 2.10. The van der Waals surface area contributed by atoms with Gasteiger partial charge in [0, 0.05) is 19.1 Å². The quantitative estimate of drug-likeness (QED) is 0.906. The van der Waals surface area contributed by atoms with Crippen molar-refractivity contribution in [2.45, 2.75) is 31.7 Å². The molecule has 0 aromatic carbocycles. The van der Waals surface area contributed by atoms with E-state index in [1.54, 1.807) is 12.4 Å².